The zero-order valence-electron chi connectivity index (χ0n) is 23.9. The molecule has 0 fully saturated rings. The number of anilines is 1. The van der Waals surface area contributed by atoms with Gasteiger partial charge in [-0.15, -0.1) is 0 Å². The van der Waals surface area contributed by atoms with E-state index >= 15 is 0 Å². The number of amides is 1. The normalized spacial score (nSPS) is 16.7. The van der Waals surface area contributed by atoms with Gasteiger partial charge in [0.1, 0.15) is 12.0 Å². The summed E-state index contributed by atoms with van der Waals surface area (Å²) in [4.78, 5) is 27.7. The number of benzene rings is 3. The Balaban J connectivity index is 1.16. The van der Waals surface area contributed by atoms with Crippen LogP contribution in [-0.4, -0.2) is 40.3 Å². The van der Waals surface area contributed by atoms with E-state index in [1.54, 1.807) is 0 Å². The SMILES string of the molecule is O=C(NCCNc1ccc([N+](=O)[O-])cn1)C1=C[C@H](c2cccc3c2Cc2ccccc2-3)C[C@H](OCc2ccc(CO)cc2)O1. The largest absolute Gasteiger partial charge is 0.459 e. The lowest BCUT2D eigenvalue weighted by molar-refractivity contribution is -0.385. The molecular formula is C34H32N4O6. The molecule has 0 bridgehead atoms. The van der Waals surface area contributed by atoms with Gasteiger partial charge < -0.3 is 25.2 Å². The number of nitrogens with one attached hydrogen (secondary N) is 2. The Morgan fingerprint density at radius 1 is 1.00 bits per heavy atom. The number of pyridine rings is 1. The molecule has 44 heavy (non-hydrogen) atoms. The standard InChI is InChI=1S/C34H32N4O6/c39-20-22-8-10-23(11-9-22)21-43-33-18-25(28-6-3-7-29-27-5-2-1-4-24(27)16-30(28)29)17-31(44-33)34(40)36-15-14-35-32-13-12-26(19-37-32)38(41)42/h1-13,17,19,25,33,39H,14-16,18,20-21H2,(H,35,37)(H,36,40)/t25-,33+/m0/s1. The third-order valence-electron chi connectivity index (χ3n) is 7.88. The second-order valence-corrected chi connectivity index (χ2v) is 10.8. The van der Waals surface area contributed by atoms with Crippen molar-refractivity contribution in [2.45, 2.75) is 38.3 Å². The van der Waals surface area contributed by atoms with E-state index in [0.717, 1.165) is 23.1 Å². The van der Waals surface area contributed by atoms with Crippen LogP contribution in [0, 0.1) is 10.1 Å². The first-order valence-corrected chi connectivity index (χ1v) is 14.5. The van der Waals surface area contributed by atoms with Crippen LogP contribution in [-0.2, 0) is 33.9 Å². The number of nitro groups is 1. The van der Waals surface area contributed by atoms with Gasteiger partial charge in [-0.25, -0.2) is 4.98 Å². The average molecular weight is 593 g/mol. The van der Waals surface area contributed by atoms with E-state index < -0.39 is 11.2 Å². The van der Waals surface area contributed by atoms with Crippen molar-refractivity contribution in [1.82, 2.24) is 10.3 Å². The number of hydrogen-bond acceptors (Lipinski definition) is 8. The predicted octanol–water partition coefficient (Wildman–Crippen LogP) is 5.21. The number of ether oxygens (including phenoxy) is 2. The van der Waals surface area contributed by atoms with Gasteiger partial charge >= 0.3 is 0 Å². The number of rotatable bonds is 11. The van der Waals surface area contributed by atoms with Crippen LogP contribution in [0.3, 0.4) is 0 Å². The fourth-order valence-corrected chi connectivity index (χ4v) is 5.65. The molecule has 4 aromatic rings. The Kier molecular flexibility index (Phi) is 8.62. The second-order valence-electron chi connectivity index (χ2n) is 10.8. The van der Waals surface area contributed by atoms with Gasteiger partial charge in [-0.2, -0.15) is 0 Å². The summed E-state index contributed by atoms with van der Waals surface area (Å²) in [5.74, 6) is 0.212. The lowest BCUT2D eigenvalue weighted by atomic mass is 9.87. The number of fused-ring (bicyclic) bond motifs is 3. The lowest BCUT2D eigenvalue weighted by Gasteiger charge is -2.30. The Labute approximate surface area is 254 Å². The summed E-state index contributed by atoms with van der Waals surface area (Å²) in [5, 5.41) is 26.1. The van der Waals surface area contributed by atoms with Gasteiger partial charge in [0.05, 0.1) is 18.1 Å². The van der Waals surface area contributed by atoms with Gasteiger partial charge in [0.25, 0.3) is 11.6 Å². The Morgan fingerprint density at radius 2 is 1.80 bits per heavy atom. The first kappa shape index (κ1) is 29.0. The number of carbonyl (C=O) groups excluding carboxylic acids is 1. The van der Waals surface area contributed by atoms with Crippen molar-refractivity contribution >= 4 is 17.4 Å². The molecular weight excluding hydrogens is 560 g/mol. The van der Waals surface area contributed by atoms with Crippen LogP contribution in [0.5, 0.6) is 0 Å². The van der Waals surface area contributed by atoms with E-state index in [4.69, 9.17) is 9.47 Å². The highest BCUT2D eigenvalue weighted by Gasteiger charge is 2.32. The van der Waals surface area contributed by atoms with E-state index in [2.05, 4.69) is 58.1 Å². The smallest absolute Gasteiger partial charge is 0.287 e. The number of nitrogens with zero attached hydrogens (tertiary/aromatic N) is 2. The molecule has 224 valence electrons. The highest BCUT2D eigenvalue weighted by molar-refractivity contribution is 5.91. The maximum absolute atomic E-state index is 13.3. The maximum Gasteiger partial charge on any atom is 0.287 e. The van der Waals surface area contributed by atoms with Gasteiger partial charge in [0, 0.05) is 31.5 Å². The van der Waals surface area contributed by atoms with Crippen molar-refractivity contribution in [3.8, 4) is 11.1 Å². The van der Waals surface area contributed by atoms with Crippen molar-refractivity contribution in [2.24, 2.45) is 0 Å². The minimum atomic E-state index is -0.648. The number of aromatic nitrogens is 1. The Hall–Kier alpha value is -5.06. The van der Waals surface area contributed by atoms with Crippen molar-refractivity contribution in [3.63, 3.8) is 0 Å². The summed E-state index contributed by atoms with van der Waals surface area (Å²) in [6, 6.07) is 25.2. The fourth-order valence-electron chi connectivity index (χ4n) is 5.65. The molecule has 0 saturated carbocycles. The highest BCUT2D eigenvalue weighted by atomic mass is 16.7. The Morgan fingerprint density at radius 3 is 2.57 bits per heavy atom. The number of aliphatic hydroxyl groups is 1. The topological polar surface area (TPSA) is 136 Å². The molecule has 10 heteroatoms. The Bertz CT molecular complexity index is 1690. The minimum Gasteiger partial charge on any atom is -0.459 e. The zero-order chi connectivity index (χ0) is 30.5. The van der Waals surface area contributed by atoms with Gasteiger partial charge in [-0.3, -0.25) is 14.9 Å². The van der Waals surface area contributed by atoms with Crippen LogP contribution in [0.15, 0.2) is 96.9 Å². The third kappa shape index (κ3) is 6.46. The molecule has 6 rings (SSSR count). The molecule has 1 aliphatic heterocycles. The van der Waals surface area contributed by atoms with E-state index in [1.807, 2.05) is 30.3 Å². The van der Waals surface area contributed by atoms with Crippen molar-refractivity contribution in [3.05, 3.63) is 135 Å². The van der Waals surface area contributed by atoms with Crippen LogP contribution < -0.4 is 10.6 Å². The summed E-state index contributed by atoms with van der Waals surface area (Å²) in [6.45, 7) is 0.911. The van der Waals surface area contributed by atoms with Crippen LogP contribution in [0.4, 0.5) is 11.5 Å². The summed E-state index contributed by atoms with van der Waals surface area (Å²) in [7, 11) is 0. The van der Waals surface area contributed by atoms with Gasteiger partial charge in [0.15, 0.2) is 5.76 Å². The molecule has 0 radical (unpaired) electrons. The van der Waals surface area contributed by atoms with Crippen molar-refractivity contribution in [1.29, 1.82) is 0 Å². The molecule has 0 saturated heterocycles. The van der Waals surface area contributed by atoms with E-state index in [9.17, 15) is 20.0 Å². The van der Waals surface area contributed by atoms with E-state index in [0.29, 0.717) is 25.4 Å². The first-order valence-electron chi connectivity index (χ1n) is 14.5. The van der Waals surface area contributed by atoms with Crippen LogP contribution in [0.2, 0.25) is 0 Å². The maximum atomic E-state index is 13.3. The van der Waals surface area contributed by atoms with Crippen LogP contribution in [0.1, 0.15) is 40.2 Å². The van der Waals surface area contributed by atoms with Crippen LogP contribution >= 0.6 is 0 Å². The molecule has 0 unspecified atom stereocenters. The molecule has 1 aromatic heterocycles. The monoisotopic (exact) mass is 592 g/mol. The molecule has 10 nitrogen and oxygen atoms in total. The summed E-state index contributed by atoms with van der Waals surface area (Å²) in [5.41, 5.74) is 7.83. The van der Waals surface area contributed by atoms with Crippen molar-refractivity contribution < 1.29 is 24.3 Å². The zero-order valence-corrected chi connectivity index (χ0v) is 23.9. The summed E-state index contributed by atoms with van der Waals surface area (Å²) < 4.78 is 12.3. The first-order chi connectivity index (χ1) is 21.5. The number of carbonyl (C=O) groups is 1. The van der Waals surface area contributed by atoms with Crippen LogP contribution in [0.25, 0.3) is 11.1 Å². The predicted molar refractivity (Wildman–Crippen MR) is 165 cm³/mol. The molecule has 1 aliphatic carbocycles. The number of aliphatic hydroxyl groups excluding tert-OH is 1. The minimum absolute atomic E-state index is 0.0248. The molecule has 3 aromatic carbocycles. The quantitative estimate of drug-likeness (QED) is 0.108. The molecule has 2 aliphatic rings. The lowest BCUT2D eigenvalue weighted by Crippen LogP contribution is -2.35. The van der Waals surface area contributed by atoms with E-state index in [1.165, 1.54) is 40.6 Å². The highest BCUT2D eigenvalue weighted by Crippen LogP contribution is 2.43. The molecule has 3 N–H and O–H groups in total. The van der Waals surface area contributed by atoms with Gasteiger partial charge in [0.2, 0.25) is 6.29 Å². The van der Waals surface area contributed by atoms with E-state index in [-0.39, 0.29) is 36.4 Å². The van der Waals surface area contributed by atoms with Crippen molar-refractivity contribution in [2.75, 3.05) is 18.4 Å². The molecule has 0 spiro atoms. The molecule has 2 heterocycles. The summed E-state index contributed by atoms with van der Waals surface area (Å²) >= 11 is 0. The van der Waals surface area contributed by atoms with Gasteiger partial charge in [-0.05, 0) is 57.5 Å². The molecule has 1 amide bonds. The summed E-state index contributed by atoms with van der Waals surface area (Å²) in [6.07, 6.45) is 3.80. The third-order valence-corrected chi connectivity index (χ3v) is 7.88. The number of allylic oxidation sites excluding steroid dienone is 1. The molecule has 2 atom stereocenters. The second kappa shape index (κ2) is 13.1. The fraction of sp³-hybridized carbons (Fsp3) is 0.235. The number of hydrogen-bond donors (Lipinski definition) is 3. The van der Waals surface area contributed by atoms with Gasteiger partial charge in [-0.1, -0.05) is 66.7 Å². The average Bonchev–Trinajstić information content (AvgIpc) is 3.45.